The van der Waals surface area contributed by atoms with E-state index in [1.165, 1.54) is 5.56 Å². The lowest BCUT2D eigenvalue weighted by atomic mass is 10.1. The third-order valence-corrected chi connectivity index (χ3v) is 6.33. The number of anilines is 1. The molecule has 0 aliphatic carbocycles. The summed E-state index contributed by atoms with van der Waals surface area (Å²) in [5, 5.41) is 3.98. The van der Waals surface area contributed by atoms with Crippen molar-refractivity contribution in [1.82, 2.24) is 14.8 Å². The van der Waals surface area contributed by atoms with Crippen molar-refractivity contribution in [2.24, 2.45) is 0 Å². The highest BCUT2D eigenvalue weighted by molar-refractivity contribution is 5.91. The number of hydrogen-bond acceptors (Lipinski definition) is 6. The Morgan fingerprint density at radius 2 is 1.88 bits per heavy atom. The number of benzene rings is 2. The van der Waals surface area contributed by atoms with E-state index >= 15 is 0 Å². The molecule has 1 aromatic heterocycles. The summed E-state index contributed by atoms with van der Waals surface area (Å²) in [6.07, 6.45) is 2.21. The first-order valence-corrected chi connectivity index (χ1v) is 12.0. The number of hydrogen-bond donors (Lipinski definition) is 1. The predicted molar refractivity (Wildman–Crippen MR) is 136 cm³/mol. The quantitative estimate of drug-likeness (QED) is 0.517. The summed E-state index contributed by atoms with van der Waals surface area (Å²) < 4.78 is 11.4. The number of ether oxygens (including phenoxy) is 2. The number of carbonyl (C=O) groups is 1. The van der Waals surface area contributed by atoms with Crippen molar-refractivity contribution < 1.29 is 14.3 Å². The number of piperazine rings is 1. The fraction of sp³-hybridized carbons (Fsp3) is 0.407. The van der Waals surface area contributed by atoms with Gasteiger partial charge in [0.2, 0.25) is 5.91 Å². The number of pyridine rings is 1. The van der Waals surface area contributed by atoms with Crippen LogP contribution in [0.1, 0.15) is 24.5 Å². The summed E-state index contributed by atoms with van der Waals surface area (Å²) in [6, 6.07) is 14.3. The first kappa shape index (κ1) is 24.0. The van der Waals surface area contributed by atoms with Gasteiger partial charge in [-0.3, -0.25) is 19.6 Å². The summed E-state index contributed by atoms with van der Waals surface area (Å²) in [5.74, 6) is 1.62. The highest BCUT2D eigenvalue weighted by Crippen LogP contribution is 2.27. The fourth-order valence-electron chi connectivity index (χ4n) is 4.19. The van der Waals surface area contributed by atoms with Gasteiger partial charge in [0.05, 0.1) is 18.8 Å². The van der Waals surface area contributed by atoms with E-state index in [2.05, 4.69) is 38.3 Å². The molecule has 1 aliphatic heterocycles. The van der Waals surface area contributed by atoms with E-state index in [4.69, 9.17) is 9.47 Å². The van der Waals surface area contributed by atoms with Crippen LogP contribution in [-0.2, 0) is 11.3 Å². The Bertz CT molecular complexity index is 1130. The Balaban J connectivity index is 1.25. The number of carbonyl (C=O) groups excluding carboxylic acids is 1. The SMILES string of the molecule is CCC(=O)Nc1cc(CN2CCN(CCOc3cccc4ncc(OC)cc34)CC2)ccc1C. The maximum absolute atomic E-state index is 11.8. The zero-order valence-corrected chi connectivity index (χ0v) is 20.3. The number of rotatable bonds is 9. The Morgan fingerprint density at radius 3 is 2.65 bits per heavy atom. The Morgan fingerprint density at radius 1 is 1.09 bits per heavy atom. The molecule has 0 spiro atoms. The van der Waals surface area contributed by atoms with E-state index in [9.17, 15) is 4.79 Å². The summed E-state index contributed by atoms with van der Waals surface area (Å²) >= 11 is 0. The lowest BCUT2D eigenvalue weighted by molar-refractivity contribution is -0.115. The van der Waals surface area contributed by atoms with Crippen LogP contribution in [0.2, 0.25) is 0 Å². The summed E-state index contributed by atoms with van der Waals surface area (Å²) in [7, 11) is 1.65. The topological polar surface area (TPSA) is 66.9 Å². The number of aryl methyl sites for hydroxylation is 1. The van der Waals surface area contributed by atoms with E-state index in [0.717, 1.165) is 72.9 Å². The Labute approximate surface area is 201 Å². The van der Waals surface area contributed by atoms with Crippen LogP contribution in [0, 0.1) is 6.92 Å². The van der Waals surface area contributed by atoms with Crippen molar-refractivity contribution in [1.29, 1.82) is 0 Å². The molecule has 180 valence electrons. The lowest BCUT2D eigenvalue weighted by Crippen LogP contribution is -2.47. The van der Waals surface area contributed by atoms with Crippen LogP contribution in [0.15, 0.2) is 48.7 Å². The minimum Gasteiger partial charge on any atom is -0.495 e. The van der Waals surface area contributed by atoms with Crippen molar-refractivity contribution in [2.45, 2.75) is 26.8 Å². The van der Waals surface area contributed by atoms with Crippen LogP contribution in [0.5, 0.6) is 11.5 Å². The molecule has 0 radical (unpaired) electrons. The van der Waals surface area contributed by atoms with E-state index in [0.29, 0.717) is 13.0 Å². The average Bonchev–Trinajstić information content (AvgIpc) is 2.86. The molecule has 1 saturated heterocycles. The van der Waals surface area contributed by atoms with Crippen molar-refractivity contribution >= 4 is 22.5 Å². The predicted octanol–water partition coefficient (Wildman–Crippen LogP) is 4.10. The average molecular weight is 463 g/mol. The molecule has 34 heavy (non-hydrogen) atoms. The van der Waals surface area contributed by atoms with Crippen molar-refractivity contribution in [2.75, 3.05) is 51.8 Å². The van der Waals surface area contributed by atoms with Crippen LogP contribution >= 0.6 is 0 Å². The first-order valence-electron chi connectivity index (χ1n) is 12.0. The smallest absolute Gasteiger partial charge is 0.224 e. The normalized spacial score (nSPS) is 14.8. The lowest BCUT2D eigenvalue weighted by Gasteiger charge is -2.34. The third kappa shape index (κ3) is 6.04. The van der Waals surface area contributed by atoms with E-state index in [1.807, 2.05) is 38.1 Å². The highest BCUT2D eigenvalue weighted by atomic mass is 16.5. The number of nitrogens with one attached hydrogen (secondary N) is 1. The number of fused-ring (bicyclic) bond motifs is 1. The van der Waals surface area contributed by atoms with Crippen LogP contribution in [0.3, 0.4) is 0 Å². The van der Waals surface area contributed by atoms with E-state index < -0.39 is 0 Å². The van der Waals surface area contributed by atoms with E-state index in [-0.39, 0.29) is 5.91 Å². The summed E-state index contributed by atoms with van der Waals surface area (Å²) in [5.41, 5.74) is 4.14. The molecule has 2 aromatic carbocycles. The van der Waals surface area contributed by atoms with Gasteiger partial charge >= 0.3 is 0 Å². The molecule has 0 atom stereocenters. The molecule has 1 fully saturated rings. The minimum absolute atomic E-state index is 0.0509. The second kappa shape index (κ2) is 11.3. The molecule has 1 N–H and O–H groups in total. The highest BCUT2D eigenvalue weighted by Gasteiger charge is 2.17. The third-order valence-electron chi connectivity index (χ3n) is 6.33. The van der Waals surface area contributed by atoms with Crippen LogP contribution in [0.25, 0.3) is 10.9 Å². The maximum Gasteiger partial charge on any atom is 0.224 e. The maximum atomic E-state index is 11.8. The molecule has 7 heteroatoms. The van der Waals surface area contributed by atoms with Crippen molar-refractivity contribution in [3.05, 3.63) is 59.8 Å². The summed E-state index contributed by atoms with van der Waals surface area (Å²) in [6.45, 7) is 10.4. The zero-order valence-electron chi connectivity index (χ0n) is 20.3. The number of aromatic nitrogens is 1. The molecule has 1 aliphatic rings. The number of nitrogens with zero attached hydrogens (tertiary/aromatic N) is 3. The molecular formula is C27H34N4O3. The van der Waals surface area contributed by atoms with Gasteiger partial charge in [-0.1, -0.05) is 25.1 Å². The first-order chi connectivity index (χ1) is 16.6. The number of amides is 1. The monoisotopic (exact) mass is 462 g/mol. The molecular weight excluding hydrogens is 428 g/mol. The van der Waals surface area contributed by atoms with Gasteiger partial charge in [0.1, 0.15) is 18.1 Å². The van der Waals surface area contributed by atoms with Gasteiger partial charge < -0.3 is 14.8 Å². The molecule has 3 aromatic rings. The molecule has 0 unspecified atom stereocenters. The number of methoxy groups -OCH3 is 1. The van der Waals surface area contributed by atoms with Crippen LogP contribution < -0.4 is 14.8 Å². The molecule has 0 saturated carbocycles. The van der Waals surface area contributed by atoms with Crippen molar-refractivity contribution in [3.63, 3.8) is 0 Å². The van der Waals surface area contributed by atoms with Crippen LogP contribution in [-0.4, -0.2) is 67.1 Å². The largest absolute Gasteiger partial charge is 0.495 e. The fourth-order valence-corrected chi connectivity index (χ4v) is 4.19. The van der Waals surface area contributed by atoms with Crippen molar-refractivity contribution in [3.8, 4) is 11.5 Å². The van der Waals surface area contributed by atoms with Gasteiger partial charge in [0.25, 0.3) is 0 Å². The molecule has 1 amide bonds. The standard InChI is InChI=1S/C27H34N4O3/c1-4-27(32)29-25-16-21(9-8-20(25)2)19-31-12-10-30(11-13-31)14-15-34-26-7-5-6-24-23(26)17-22(33-3)18-28-24/h5-9,16-18H,4,10-15,19H2,1-3H3,(H,29,32). The molecule has 7 nitrogen and oxygen atoms in total. The van der Waals surface area contributed by atoms with Gasteiger partial charge in [0.15, 0.2) is 0 Å². The van der Waals surface area contributed by atoms with Gasteiger partial charge in [-0.15, -0.1) is 0 Å². The zero-order chi connectivity index (χ0) is 23.9. The van der Waals surface area contributed by atoms with E-state index in [1.54, 1.807) is 13.3 Å². The summed E-state index contributed by atoms with van der Waals surface area (Å²) in [4.78, 5) is 21.2. The van der Waals surface area contributed by atoms with Crippen LogP contribution in [0.4, 0.5) is 5.69 Å². The second-order valence-electron chi connectivity index (χ2n) is 8.72. The van der Waals surface area contributed by atoms with Gasteiger partial charge in [-0.05, 0) is 42.3 Å². The second-order valence-corrected chi connectivity index (χ2v) is 8.72. The molecule has 2 heterocycles. The van der Waals surface area contributed by atoms with Gasteiger partial charge in [-0.2, -0.15) is 0 Å². The minimum atomic E-state index is 0.0509. The molecule has 0 bridgehead atoms. The van der Waals surface area contributed by atoms with Gasteiger partial charge in [-0.25, -0.2) is 0 Å². The Hall–Kier alpha value is -3.16. The Kier molecular flexibility index (Phi) is 7.98. The molecule has 4 rings (SSSR count). The van der Waals surface area contributed by atoms with Gasteiger partial charge in [0, 0.05) is 56.8 Å².